The van der Waals surface area contributed by atoms with Crippen molar-refractivity contribution in [2.24, 2.45) is 5.92 Å². The zero-order chi connectivity index (χ0) is 40.7. The quantitative estimate of drug-likeness (QED) is 0.169. The number of carboxylic acid groups (broad SMARTS) is 3. The number of amides is 1. The molecule has 1 aliphatic heterocycles. The van der Waals surface area contributed by atoms with E-state index in [-0.39, 0.29) is 17.7 Å². The lowest BCUT2D eigenvalue weighted by atomic mass is 9.88. The molecule has 13 nitrogen and oxygen atoms in total. The molecule has 0 radical (unpaired) electrons. The van der Waals surface area contributed by atoms with Crippen LogP contribution in [0.4, 0.5) is 49.6 Å². The van der Waals surface area contributed by atoms with Crippen LogP contribution in [0.25, 0.3) is 11.1 Å². The molecule has 0 aliphatic carbocycles. The van der Waals surface area contributed by atoms with E-state index in [9.17, 15) is 48.7 Å². The first-order chi connectivity index (χ1) is 24.4. The van der Waals surface area contributed by atoms with Gasteiger partial charge in [0.1, 0.15) is 18.2 Å². The smallest absolute Gasteiger partial charge is 0.490 e. The number of aromatic nitrogens is 2. The zero-order valence-corrected chi connectivity index (χ0v) is 27.2. The van der Waals surface area contributed by atoms with E-state index in [2.05, 4.69) is 20.8 Å². The average molecular weight is 780 g/mol. The summed E-state index contributed by atoms with van der Waals surface area (Å²) in [5.74, 6) is -8.65. The first kappa shape index (κ1) is 45.6. The summed E-state index contributed by atoms with van der Waals surface area (Å²) < 4.78 is 116. The number of anilines is 1. The molecule has 2 atom stereocenters. The Morgan fingerprint density at radius 2 is 1.38 bits per heavy atom. The summed E-state index contributed by atoms with van der Waals surface area (Å²) >= 11 is 0. The Labute approximate surface area is 292 Å². The minimum absolute atomic E-state index is 0.0596. The monoisotopic (exact) mass is 779 g/mol. The van der Waals surface area contributed by atoms with Gasteiger partial charge in [0.25, 0.3) is 0 Å². The molecular formula is C30H31F10N5O8. The van der Waals surface area contributed by atoms with Gasteiger partial charge in [0.2, 0.25) is 5.91 Å². The number of carboxylic acids is 3. The van der Waals surface area contributed by atoms with Crippen LogP contribution < -0.4 is 15.4 Å². The fourth-order valence-corrected chi connectivity index (χ4v) is 3.96. The Morgan fingerprint density at radius 1 is 0.868 bits per heavy atom. The fraction of sp³-hybridized carbons (Fsp3) is 0.367. The van der Waals surface area contributed by atoms with Crippen LogP contribution in [0.3, 0.4) is 0 Å². The molecule has 3 aromatic rings. The summed E-state index contributed by atoms with van der Waals surface area (Å²) in [4.78, 5) is 41.9. The van der Waals surface area contributed by atoms with Crippen LogP contribution in [0.2, 0.25) is 0 Å². The van der Waals surface area contributed by atoms with Gasteiger partial charge in [-0.3, -0.25) is 9.89 Å². The number of hydrogen-bond acceptors (Lipinski definition) is 8. The Morgan fingerprint density at radius 3 is 1.81 bits per heavy atom. The third-order valence-corrected chi connectivity index (χ3v) is 6.44. The number of aliphatic carboxylic acids is 3. The molecule has 294 valence electrons. The predicted octanol–water partition coefficient (Wildman–Crippen LogP) is 5.00. The van der Waals surface area contributed by atoms with E-state index >= 15 is 0 Å². The van der Waals surface area contributed by atoms with Crippen LogP contribution in [0.15, 0.2) is 54.9 Å². The third-order valence-electron chi connectivity index (χ3n) is 6.44. The molecule has 6 N–H and O–H groups in total. The second kappa shape index (κ2) is 20.0. The Hall–Kier alpha value is -5.45. The van der Waals surface area contributed by atoms with Crippen LogP contribution in [-0.4, -0.2) is 113 Å². The van der Waals surface area contributed by atoms with E-state index in [0.717, 1.165) is 12.1 Å². The van der Waals surface area contributed by atoms with Gasteiger partial charge in [-0.25, -0.2) is 18.8 Å². The summed E-state index contributed by atoms with van der Waals surface area (Å²) in [5.41, 5.74) is 2.42. The molecule has 1 fully saturated rings. The molecule has 4 rings (SSSR count). The van der Waals surface area contributed by atoms with Crippen molar-refractivity contribution in [3.63, 3.8) is 0 Å². The maximum absolute atomic E-state index is 14.9. The number of halogens is 10. The normalized spacial score (nSPS) is 15.4. The number of hydrogen-bond donors (Lipinski definition) is 6. The maximum Gasteiger partial charge on any atom is 0.490 e. The summed E-state index contributed by atoms with van der Waals surface area (Å²) in [7, 11) is 3.90. The number of ether oxygens (including phenoxy) is 1. The van der Waals surface area contributed by atoms with E-state index in [4.69, 9.17) is 34.4 Å². The highest BCUT2D eigenvalue weighted by molar-refractivity contribution is 5.95. The number of nitrogens with one attached hydrogen (secondary N) is 3. The van der Waals surface area contributed by atoms with Gasteiger partial charge < -0.3 is 35.6 Å². The molecule has 53 heavy (non-hydrogen) atoms. The topological polar surface area (TPSA) is 194 Å². The van der Waals surface area contributed by atoms with Crippen molar-refractivity contribution in [3.8, 4) is 16.9 Å². The maximum atomic E-state index is 14.9. The highest BCUT2D eigenvalue weighted by atomic mass is 19.4. The highest BCUT2D eigenvalue weighted by Gasteiger charge is 2.39. The zero-order valence-electron chi connectivity index (χ0n) is 27.2. The third kappa shape index (κ3) is 16.2. The molecule has 23 heteroatoms. The molecule has 1 aliphatic rings. The number of aromatic amines is 1. The van der Waals surface area contributed by atoms with Gasteiger partial charge in [0.15, 0.2) is 0 Å². The average Bonchev–Trinajstić information content (AvgIpc) is 3.75. The largest absolute Gasteiger partial charge is 0.490 e. The number of H-pyrrole nitrogens is 1. The molecule has 1 aromatic heterocycles. The van der Waals surface area contributed by atoms with Gasteiger partial charge in [0.05, 0.1) is 17.8 Å². The second-order valence-corrected chi connectivity index (χ2v) is 10.6. The molecule has 2 heterocycles. The summed E-state index contributed by atoms with van der Waals surface area (Å²) in [6.07, 6.45) is -12.1. The molecule has 2 aromatic carbocycles. The Kier molecular flexibility index (Phi) is 17.2. The van der Waals surface area contributed by atoms with E-state index in [1.807, 2.05) is 49.3 Å². The number of nitrogens with zero attached hydrogens (tertiary/aromatic N) is 2. The lowest BCUT2D eigenvalue weighted by Crippen LogP contribution is -2.28. The first-order valence-corrected chi connectivity index (χ1v) is 14.4. The van der Waals surface area contributed by atoms with Gasteiger partial charge in [-0.05, 0) is 25.7 Å². The minimum Gasteiger partial charge on any atom is -0.490 e. The number of rotatable bonds is 8. The first-order valence-electron chi connectivity index (χ1n) is 14.4. The Balaban J connectivity index is 0.000000545. The van der Waals surface area contributed by atoms with Crippen molar-refractivity contribution in [1.82, 2.24) is 20.4 Å². The van der Waals surface area contributed by atoms with Crippen molar-refractivity contribution in [1.29, 1.82) is 0 Å². The number of benzene rings is 2. The summed E-state index contributed by atoms with van der Waals surface area (Å²) in [6.45, 7) is 2.39. The van der Waals surface area contributed by atoms with Crippen LogP contribution in [0.1, 0.15) is 11.5 Å². The highest BCUT2D eigenvalue weighted by Crippen LogP contribution is 2.35. The van der Waals surface area contributed by atoms with Crippen molar-refractivity contribution in [2.45, 2.75) is 24.4 Å². The number of carbonyl (C=O) groups excluding carboxylic acids is 1. The lowest BCUT2D eigenvalue weighted by molar-refractivity contribution is -0.193. The van der Waals surface area contributed by atoms with E-state index < -0.39 is 42.3 Å². The summed E-state index contributed by atoms with van der Waals surface area (Å²) in [5, 5.41) is 34.2. The van der Waals surface area contributed by atoms with Crippen LogP contribution in [-0.2, 0) is 19.2 Å². The minimum atomic E-state index is -5.08. The second-order valence-electron chi connectivity index (χ2n) is 10.6. The number of likely N-dealkylation sites (N-methyl/N-ethyl adjacent to an activating group) is 1. The van der Waals surface area contributed by atoms with Crippen LogP contribution in [0.5, 0.6) is 5.75 Å². The van der Waals surface area contributed by atoms with Crippen LogP contribution in [0, 0.1) is 11.7 Å². The molecule has 0 saturated carbocycles. The van der Waals surface area contributed by atoms with Crippen LogP contribution >= 0.6 is 0 Å². The molecule has 0 bridgehead atoms. The van der Waals surface area contributed by atoms with Gasteiger partial charge in [0, 0.05) is 48.9 Å². The van der Waals surface area contributed by atoms with E-state index in [1.54, 1.807) is 18.5 Å². The van der Waals surface area contributed by atoms with Crippen molar-refractivity contribution < 1.29 is 83.1 Å². The SMILES string of the molecule is CN(C)CCOc1cc(-c2cn[nH]c2)c(F)cc1NC(=O)C1CNCC1c1ccccc1.O=C(O)C(F)(F)F.O=C(O)C(F)(F)F.O=C(O)C(F)(F)F. The van der Waals surface area contributed by atoms with Gasteiger partial charge in [-0.15, -0.1) is 0 Å². The predicted molar refractivity (Wildman–Crippen MR) is 163 cm³/mol. The molecule has 2 unspecified atom stereocenters. The fourth-order valence-electron chi connectivity index (χ4n) is 3.96. The van der Waals surface area contributed by atoms with Gasteiger partial charge in [-0.1, -0.05) is 30.3 Å². The van der Waals surface area contributed by atoms with E-state index in [0.29, 0.717) is 42.3 Å². The van der Waals surface area contributed by atoms with Crippen molar-refractivity contribution in [3.05, 3.63) is 66.2 Å². The Bertz CT molecular complexity index is 1580. The van der Waals surface area contributed by atoms with Gasteiger partial charge >= 0.3 is 36.4 Å². The van der Waals surface area contributed by atoms with Crippen molar-refractivity contribution in [2.75, 3.05) is 45.7 Å². The number of carbonyl (C=O) groups is 4. The lowest BCUT2D eigenvalue weighted by Gasteiger charge is -2.21. The van der Waals surface area contributed by atoms with Crippen molar-refractivity contribution >= 4 is 29.5 Å². The molecule has 1 saturated heterocycles. The number of alkyl halides is 9. The summed E-state index contributed by atoms with van der Waals surface area (Å²) in [6, 6.07) is 12.9. The molecule has 1 amide bonds. The van der Waals surface area contributed by atoms with E-state index in [1.165, 1.54) is 6.07 Å². The molecule has 0 spiro atoms. The molecular weight excluding hydrogens is 748 g/mol. The van der Waals surface area contributed by atoms with Gasteiger partial charge in [-0.2, -0.15) is 44.6 Å². The standard InChI is InChI=1S/C24H28FN5O2.3C2HF3O2/c1-30(2)8-9-32-23-10-18(17-12-27-28-13-17)21(25)11-22(23)29-24(31)20-15-26-14-19(20)16-6-4-3-5-7-16;3*3-2(4,5)1(6)7/h3-7,10-13,19-20,26H,8-9,14-15H2,1-2H3,(H,27,28)(H,29,31);3*(H,6,7).